The predicted octanol–water partition coefficient (Wildman–Crippen LogP) is 3.77. The molecular weight excluding hydrogens is 513 g/mol. The van der Waals surface area contributed by atoms with E-state index in [1.54, 1.807) is 6.07 Å². The molecule has 0 saturated carbocycles. The van der Waals surface area contributed by atoms with E-state index in [0.29, 0.717) is 11.4 Å². The largest absolute Gasteiger partial charge is 0.461 e. The van der Waals surface area contributed by atoms with Gasteiger partial charge in [-0.25, -0.2) is 13.9 Å². The van der Waals surface area contributed by atoms with E-state index in [4.69, 9.17) is 22.1 Å². The molecule has 202 valence electrons. The zero-order valence-electron chi connectivity index (χ0n) is 21.8. The minimum absolute atomic E-state index is 0.00710. The summed E-state index contributed by atoms with van der Waals surface area (Å²) in [6.45, 7) is 8.87. The van der Waals surface area contributed by atoms with Crippen molar-refractivity contribution >= 4 is 40.5 Å². The summed E-state index contributed by atoms with van der Waals surface area (Å²) in [4.78, 5) is 30.0. The number of halogens is 2. The molecule has 2 aromatic carbocycles. The summed E-state index contributed by atoms with van der Waals surface area (Å²) in [7, 11) is 2.06. The fourth-order valence-corrected chi connectivity index (χ4v) is 4.26. The summed E-state index contributed by atoms with van der Waals surface area (Å²) in [5.74, 6) is -1.56. The molecule has 0 unspecified atom stereocenters. The first-order valence-electron chi connectivity index (χ1n) is 12.3. The highest BCUT2D eigenvalue weighted by atomic mass is 35.5. The Morgan fingerprint density at radius 3 is 2.61 bits per heavy atom. The van der Waals surface area contributed by atoms with Crippen LogP contribution in [0.4, 0.5) is 21.5 Å². The fraction of sp³-hybridized carbons (Fsp3) is 0.385. The first kappa shape index (κ1) is 27.3. The first-order valence-corrected chi connectivity index (χ1v) is 12.7. The van der Waals surface area contributed by atoms with E-state index < -0.39 is 17.7 Å². The van der Waals surface area contributed by atoms with Gasteiger partial charge in [0.25, 0.3) is 5.91 Å². The van der Waals surface area contributed by atoms with Crippen LogP contribution >= 0.6 is 11.6 Å². The van der Waals surface area contributed by atoms with Gasteiger partial charge in [-0.1, -0.05) is 30.7 Å². The molecule has 1 aliphatic rings. The molecule has 0 atom stereocenters. The van der Waals surface area contributed by atoms with E-state index >= 15 is 0 Å². The topological polar surface area (TPSA) is 119 Å². The molecule has 0 radical (unpaired) electrons. The third-order valence-electron chi connectivity index (χ3n) is 6.28. The number of ether oxygens (including phenoxy) is 1. The van der Waals surface area contributed by atoms with Crippen LogP contribution in [0.1, 0.15) is 40.3 Å². The maximum absolute atomic E-state index is 14.2. The maximum atomic E-state index is 14.2. The molecule has 0 aliphatic carbocycles. The molecule has 0 spiro atoms. The Morgan fingerprint density at radius 1 is 1.21 bits per heavy atom. The van der Waals surface area contributed by atoms with Crippen LogP contribution in [-0.4, -0.2) is 71.6 Å². The van der Waals surface area contributed by atoms with Crippen molar-refractivity contribution in [3.8, 4) is 5.69 Å². The lowest BCUT2D eigenvalue weighted by molar-refractivity contribution is 0.0452. The lowest BCUT2D eigenvalue weighted by atomic mass is 10.1. The molecule has 1 fully saturated rings. The van der Waals surface area contributed by atoms with E-state index in [1.807, 2.05) is 26.0 Å². The molecule has 1 aromatic heterocycles. The summed E-state index contributed by atoms with van der Waals surface area (Å²) in [6, 6.07) is 6.66. The molecule has 1 saturated heterocycles. The quantitative estimate of drug-likeness (QED) is 0.341. The Bertz CT molecular complexity index is 1350. The molecule has 10 nitrogen and oxygen atoms in total. The molecule has 4 rings (SSSR count). The number of piperazine rings is 1. The Balaban J connectivity index is 1.67. The Kier molecular flexibility index (Phi) is 8.17. The van der Waals surface area contributed by atoms with Crippen LogP contribution in [0.5, 0.6) is 0 Å². The van der Waals surface area contributed by atoms with Gasteiger partial charge in [0.2, 0.25) is 0 Å². The monoisotopic (exact) mass is 543 g/mol. The third kappa shape index (κ3) is 5.89. The zero-order chi connectivity index (χ0) is 27.6. The van der Waals surface area contributed by atoms with E-state index in [1.165, 1.54) is 23.9 Å². The summed E-state index contributed by atoms with van der Waals surface area (Å²) >= 11 is 6.30. The van der Waals surface area contributed by atoms with Crippen molar-refractivity contribution in [2.24, 2.45) is 5.92 Å². The number of amides is 1. The molecule has 1 amide bonds. The second-order valence-electron chi connectivity index (χ2n) is 9.75. The Hall–Kier alpha value is -3.70. The van der Waals surface area contributed by atoms with Gasteiger partial charge in [-0.15, -0.1) is 5.10 Å². The first-order chi connectivity index (χ1) is 18.0. The number of likely N-dealkylation sites (N-methyl/N-ethyl adjacent to an activating group) is 1. The molecule has 3 aromatic rings. The van der Waals surface area contributed by atoms with E-state index in [-0.39, 0.29) is 40.1 Å². The molecule has 2 heterocycles. The normalized spacial score (nSPS) is 14.1. The van der Waals surface area contributed by atoms with Gasteiger partial charge < -0.3 is 25.6 Å². The van der Waals surface area contributed by atoms with Crippen molar-refractivity contribution < 1.29 is 18.7 Å². The lowest BCUT2D eigenvalue weighted by Gasteiger charge is -2.35. The van der Waals surface area contributed by atoms with E-state index in [9.17, 15) is 14.0 Å². The minimum Gasteiger partial charge on any atom is -0.461 e. The summed E-state index contributed by atoms with van der Waals surface area (Å²) < 4.78 is 20.9. The number of esters is 1. The fourth-order valence-electron chi connectivity index (χ4n) is 4.04. The van der Waals surface area contributed by atoms with Gasteiger partial charge in [0.05, 0.1) is 46.1 Å². The maximum Gasteiger partial charge on any atom is 0.360 e. The number of hydrogen-bond acceptors (Lipinski definition) is 8. The third-order valence-corrected chi connectivity index (χ3v) is 6.77. The number of hydrogen-bond donors (Lipinski definition) is 2. The average molecular weight is 544 g/mol. The summed E-state index contributed by atoms with van der Waals surface area (Å²) in [5, 5.41) is 10.9. The number of aromatic nitrogens is 3. The smallest absolute Gasteiger partial charge is 0.360 e. The average Bonchev–Trinajstić information content (AvgIpc) is 3.39. The number of benzene rings is 2. The number of nitrogens with two attached hydrogens (primary N) is 1. The van der Waals surface area contributed by atoms with Crippen molar-refractivity contribution in [1.82, 2.24) is 19.9 Å². The van der Waals surface area contributed by atoms with E-state index in [0.717, 1.165) is 31.9 Å². The second kappa shape index (κ2) is 11.4. The lowest BCUT2D eigenvalue weighted by Crippen LogP contribution is -2.44. The number of nitrogens with zero attached hydrogens (tertiary/aromatic N) is 5. The Morgan fingerprint density at radius 2 is 1.92 bits per heavy atom. The summed E-state index contributed by atoms with van der Waals surface area (Å²) in [6.07, 6.45) is 1.47. The van der Waals surface area contributed by atoms with Crippen LogP contribution in [0.15, 0.2) is 30.5 Å². The van der Waals surface area contributed by atoms with E-state index in [2.05, 4.69) is 32.5 Å². The van der Waals surface area contributed by atoms with Crippen LogP contribution < -0.4 is 16.0 Å². The highest BCUT2D eigenvalue weighted by molar-refractivity contribution is 6.35. The molecule has 1 aliphatic heterocycles. The van der Waals surface area contributed by atoms with Crippen LogP contribution in [0, 0.1) is 18.7 Å². The molecule has 3 N–H and O–H groups in total. The van der Waals surface area contributed by atoms with Crippen molar-refractivity contribution in [2.75, 3.05) is 55.8 Å². The molecule has 12 heteroatoms. The zero-order valence-corrected chi connectivity index (χ0v) is 22.5. The van der Waals surface area contributed by atoms with Gasteiger partial charge >= 0.3 is 5.97 Å². The standard InChI is InChI=1S/C26H31ClFN7O3/c1-15(2)14-38-26(37)21-13-35(32-31-21)17-5-6-22(34-9-7-33(4)8-10-34)20(11-17)30-25(36)18-12-19(29)24(28)16(3)23(18)27/h5-6,11-13,15H,7-10,14,29H2,1-4H3,(H,30,36). The predicted molar refractivity (Wildman–Crippen MR) is 145 cm³/mol. The number of nitrogens with one attached hydrogen (secondary N) is 1. The highest BCUT2D eigenvalue weighted by Gasteiger charge is 2.23. The van der Waals surface area contributed by atoms with Crippen LogP contribution in [0.3, 0.4) is 0 Å². The minimum atomic E-state index is -0.652. The van der Waals surface area contributed by atoms with Gasteiger partial charge in [-0.05, 0) is 44.2 Å². The molecule has 0 bridgehead atoms. The SMILES string of the molecule is Cc1c(F)c(N)cc(C(=O)Nc2cc(-n3cc(C(=O)OCC(C)C)nn3)ccc2N2CCN(C)CC2)c1Cl. The highest BCUT2D eigenvalue weighted by Crippen LogP contribution is 2.32. The van der Waals surface area contributed by atoms with Crippen LogP contribution in [0.2, 0.25) is 5.02 Å². The van der Waals surface area contributed by atoms with Gasteiger partial charge in [-0.3, -0.25) is 4.79 Å². The number of carbonyl (C=O) groups is 2. The van der Waals surface area contributed by atoms with Gasteiger partial charge in [0.15, 0.2) is 11.5 Å². The van der Waals surface area contributed by atoms with Crippen molar-refractivity contribution in [1.29, 1.82) is 0 Å². The number of carbonyl (C=O) groups excluding carboxylic acids is 2. The number of nitrogen functional groups attached to an aromatic ring is 1. The van der Waals surface area contributed by atoms with Crippen molar-refractivity contribution in [2.45, 2.75) is 20.8 Å². The van der Waals surface area contributed by atoms with Gasteiger partial charge in [0, 0.05) is 31.7 Å². The van der Waals surface area contributed by atoms with Crippen molar-refractivity contribution in [3.05, 3.63) is 58.1 Å². The van der Waals surface area contributed by atoms with Gasteiger partial charge in [-0.2, -0.15) is 0 Å². The van der Waals surface area contributed by atoms with Crippen LogP contribution in [0.25, 0.3) is 5.69 Å². The molecular formula is C26H31ClFN7O3. The van der Waals surface area contributed by atoms with Gasteiger partial charge in [0.1, 0.15) is 0 Å². The number of anilines is 3. The van der Waals surface area contributed by atoms with Crippen LogP contribution in [-0.2, 0) is 4.74 Å². The number of rotatable bonds is 7. The molecule has 38 heavy (non-hydrogen) atoms. The second-order valence-corrected chi connectivity index (χ2v) is 10.1. The van der Waals surface area contributed by atoms with Crippen molar-refractivity contribution in [3.63, 3.8) is 0 Å². The summed E-state index contributed by atoms with van der Waals surface area (Å²) in [5.41, 5.74) is 7.70. The Labute approximate surface area is 225 Å².